The van der Waals surface area contributed by atoms with E-state index >= 15 is 0 Å². The number of carbonyl (C=O) groups excluding carboxylic acids is 1. The summed E-state index contributed by atoms with van der Waals surface area (Å²) in [6, 6.07) is 0. The minimum atomic E-state index is -1.48. The number of carboxylic acids is 1. The van der Waals surface area contributed by atoms with Gasteiger partial charge in [0.05, 0.1) is 31.8 Å². The second kappa shape index (κ2) is 8.35. The van der Waals surface area contributed by atoms with Gasteiger partial charge in [0.1, 0.15) is 5.60 Å². The standard InChI is InChI=1S/C26H41N3O4/c1-17-9-10-18-13-20-21(22(30)31)25(32,16-33-19-7-4-3-5-8-19)14-26(17,20)24(18)11-6-12-29(15-24)23(27)28-2/h17-19,32H,3-16H2,1-2H3,(H2,27,28)(H,30,31). The van der Waals surface area contributed by atoms with E-state index in [1.807, 2.05) is 0 Å². The minimum absolute atomic E-state index is 0.0566. The number of allylic oxidation sites excluding steroid dienone is 1. The maximum atomic E-state index is 12.6. The van der Waals surface area contributed by atoms with Crippen LogP contribution in [0.5, 0.6) is 0 Å². The molecule has 5 rings (SSSR count). The summed E-state index contributed by atoms with van der Waals surface area (Å²) in [6.07, 6.45) is 11.1. The number of aliphatic hydroxyl groups is 1. The maximum Gasteiger partial charge on any atom is 0.293 e. The van der Waals surface area contributed by atoms with Crippen molar-refractivity contribution in [2.75, 3.05) is 26.7 Å². The molecule has 6 atom stereocenters. The van der Waals surface area contributed by atoms with Gasteiger partial charge in [0, 0.05) is 23.5 Å². The van der Waals surface area contributed by atoms with Gasteiger partial charge in [-0.3, -0.25) is 4.90 Å². The molecule has 2 spiro atoms. The number of nitrogens with two attached hydrogens (primary N) is 1. The number of carbonyl (C=O) groups is 1. The first-order chi connectivity index (χ1) is 15.8. The van der Waals surface area contributed by atoms with E-state index in [0.29, 0.717) is 24.2 Å². The fourth-order valence-electron chi connectivity index (χ4n) is 8.97. The molecular formula is C26H41N3O4. The van der Waals surface area contributed by atoms with Crippen LogP contribution in [-0.2, 0) is 9.53 Å². The Morgan fingerprint density at radius 2 is 2.00 bits per heavy atom. The molecule has 0 aromatic heterocycles. The van der Waals surface area contributed by atoms with Crippen LogP contribution in [0.3, 0.4) is 0 Å². The molecule has 6 unspecified atom stereocenters. The number of quaternary nitrogens is 1. The molecule has 3 saturated carbocycles. The number of nitrogens with one attached hydrogen (secondary N) is 1. The lowest BCUT2D eigenvalue weighted by Crippen LogP contribution is -3.18. The fraction of sp³-hybridized carbons (Fsp3) is 0.846. The number of hydrogen-bond donors (Lipinski definition) is 3. The van der Waals surface area contributed by atoms with Gasteiger partial charge in [-0.05, 0) is 63.2 Å². The molecule has 1 aliphatic heterocycles. The maximum absolute atomic E-state index is 12.6. The summed E-state index contributed by atoms with van der Waals surface area (Å²) in [5, 5.41) is 24.5. The van der Waals surface area contributed by atoms with Crippen LogP contribution >= 0.6 is 0 Å². The second-order valence-electron chi connectivity index (χ2n) is 11.7. The molecule has 7 nitrogen and oxygen atoms in total. The first kappa shape index (κ1) is 23.3. The van der Waals surface area contributed by atoms with Crippen molar-refractivity contribution in [1.29, 1.82) is 0 Å². The fourth-order valence-corrected chi connectivity index (χ4v) is 8.97. The molecule has 0 aromatic carbocycles. The number of aliphatic imine (C=N–C) groups is 1. The molecule has 0 radical (unpaired) electrons. The van der Waals surface area contributed by atoms with Crippen molar-refractivity contribution in [2.24, 2.45) is 33.4 Å². The lowest BCUT2D eigenvalue weighted by Gasteiger charge is -2.57. The van der Waals surface area contributed by atoms with E-state index in [1.54, 1.807) is 7.05 Å². The predicted octanol–water partition coefficient (Wildman–Crippen LogP) is 0.563. The Bertz CT molecular complexity index is 866. The van der Waals surface area contributed by atoms with Crippen LogP contribution in [0, 0.1) is 22.7 Å². The zero-order chi connectivity index (χ0) is 23.4. The van der Waals surface area contributed by atoms with Crippen LogP contribution in [0.2, 0.25) is 0 Å². The number of piperidine rings is 1. The van der Waals surface area contributed by atoms with Crippen LogP contribution in [0.25, 0.3) is 0 Å². The Hall–Kier alpha value is -1.44. The summed E-state index contributed by atoms with van der Waals surface area (Å²) in [6.45, 7) is 4.17. The minimum Gasteiger partial charge on any atom is -0.545 e. The Labute approximate surface area is 197 Å². The number of likely N-dealkylation sites (tertiary alicyclic amines) is 1. The normalized spacial score (nSPS) is 43.8. The van der Waals surface area contributed by atoms with Gasteiger partial charge in [-0.1, -0.05) is 31.8 Å². The molecule has 0 amide bonds. The van der Waals surface area contributed by atoms with Gasteiger partial charge in [0.15, 0.2) is 0 Å². The highest BCUT2D eigenvalue weighted by atomic mass is 16.5. The summed E-state index contributed by atoms with van der Waals surface area (Å²) in [4.78, 5) is 18.1. The monoisotopic (exact) mass is 459 g/mol. The third-order valence-electron chi connectivity index (χ3n) is 10.3. The summed E-state index contributed by atoms with van der Waals surface area (Å²) in [7, 11) is 1.75. The van der Waals surface area contributed by atoms with Gasteiger partial charge >= 0.3 is 0 Å². The summed E-state index contributed by atoms with van der Waals surface area (Å²) in [5.74, 6) is 0.175. The van der Waals surface area contributed by atoms with Crippen molar-refractivity contribution in [3.8, 4) is 0 Å². The smallest absolute Gasteiger partial charge is 0.293 e. The lowest BCUT2D eigenvalue weighted by atomic mass is 9.48. The highest BCUT2D eigenvalue weighted by Gasteiger charge is 2.73. The van der Waals surface area contributed by atoms with Gasteiger partial charge in [-0.25, -0.2) is 4.99 Å². The molecule has 4 aliphatic carbocycles. The Morgan fingerprint density at radius 1 is 1.24 bits per heavy atom. The van der Waals surface area contributed by atoms with Crippen molar-refractivity contribution in [3.05, 3.63) is 11.1 Å². The molecule has 1 heterocycles. The number of carboxylic acid groups (broad SMARTS) is 1. The summed E-state index contributed by atoms with van der Waals surface area (Å²) >= 11 is 0. The molecule has 1 saturated heterocycles. The van der Waals surface area contributed by atoms with Crippen LogP contribution in [0.15, 0.2) is 16.1 Å². The van der Waals surface area contributed by atoms with Crippen LogP contribution in [0.4, 0.5) is 0 Å². The molecule has 2 bridgehead atoms. The van der Waals surface area contributed by atoms with Crippen molar-refractivity contribution >= 4 is 11.9 Å². The number of rotatable bonds is 4. The van der Waals surface area contributed by atoms with Crippen LogP contribution in [0.1, 0.15) is 77.6 Å². The van der Waals surface area contributed by atoms with Crippen LogP contribution in [-0.4, -0.2) is 55.5 Å². The van der Waals surface area contributed by atoms with Gasteiger partial charge in [0.2, 0.25) is 0 Å². The zero-order valence-corrected chi connectivity index (χ0v) is 20.3. The Balaban J connectivity index is 1.54. The number of aliphatic carboxylic acids is 1. The van der Waals surface area contributed by atoms with Crippen molar-refractivity contribution in [2.45, 2.75) is 89.3 Å². The van der Waals surface area contributed by atoms with Crippen molar-refractivity contribution in [1.82, 2.24) is 0 Å². The van der Waals surface area contributed by atoms with Gasteiger partial charge in [0.25, 0.3) is 5.96 Å². The van der Waals surface area contributed by atoms with Gasteiger partial charge in [-0.15, -0.1) is 0 Å². The molecule has 184 valence electrons. The average Bonchev–Trinajstić information content (AvgIpc) is 3.15. The molecule has 4 fully saturated rings. The Kier molecular flexibility index (Phi) is 5.90. The van der Waals surface area contributed by atoms with E-state index in [2.05, 4.69) is 11.9 Å². The average molecular weight is 460 g/mol. The number of guanidine groups is 1. The zero-order valence-electron chi connectivity index (χ0n) is 20.3. The topological polar surface area (TPSA) is 112 Å². The van der Waals surface area contributed by atoms with Gasteiger partial charge < -0.3 is 25.5 Å². The van der Waals surface area contributed by atoms with E-state index < -0.39 is 11.6 Å². The molecule has 0 aromatic rings. The molecule has 5 aliphatic rings. The number of nitrogens with zero attached hydrogens (tertiary/aromatic N) is 1. The van der Waals surface area contributed by atoms with Gasteiger partial charge in [-0.2, -0.15) is 0 Å². The van der Waals surface area contributed by atoms with E-state index in [0.717, 1.165) is 76.5 Å². The number of hydrogen-bond acceptors (Lipinski definition) is 5. The van der Waals surface area contributed by atoms with E-state index in [9.17, 15) is 15.0 Å². The molecule has 33 heavy (non-hydrogen) atoms. The highest BCUT2D eigenvalue weighted by molar-refractivity contribution is 5.90. The number of ether oxygens (including phenoxy) is 1. The Morgan fingerprint density at radius 3 is 2.70 bits per heavy atom. The van der Waals surface area contributed by atoms with Crippen molar-refractivity contribution < 1.29 is 24.6 Å². The largest absolute Gasteiger partial charge is 0.545 e. The summed E-state index contributed by atoms with van der Waals surface area (Å²) < 4.78 is 6.22. The third-order valence-corrected chi connectivity index (χ3v) is 10.3. The second-order valence-corrected chi connectivity index (χ2v) is 11.7. The summed E-state index contributed by atoms with van der Waals surface area (Å²) in [5.41, 5.74) is 5.57. The van der Waals surface area contributed by atoms with E-state index in [4.69, 9.17) is 10.5 Å². The van der Waals surface area contributed by atoms with Crippen molar-refractivity contribution in [3.63, 3.8) is 0 Å². The third kappa shape index (κ3) is 3.33. The first-order valence-electron chi connectivity index (χ1n) is 13.1. The highest BCUT2D eigenvalue weighted by Crippen LogP contribution is 2.75. The first-order valence-corrected chi connectivity index (χ1v) is 13.1. The lowest BCUT2D eigenvalue weighted by molar-refractivity contribution is -0.826. The molecule has 4 N–H and O–H groups in total. The van der Waals surface area contributed by atoms with Crippen LogP contribution < -0.4 is 15.7 Å². The van der Waals surface area contributed by atoms with E-state index in [-0.39, 0.29) is 29.1 Å². The molecule has 7 heteroatoms. The SMILES string of the molecule is CN=C(N)[NH+]1CCCC2(C1)C1CCC(C)C23CC(O)(COC2CCCCC2)C(C(=O)[O-])=C3C1. The quantitative estimate of drug-likeness (QED) is 0.420. The molecular weight excluding hydrogens is 418 g/mol. The van der Waals surface area contributed by atoms with E-state index in [1.165, 1.54) is 11.3 Å². The predicted molar refractivity (Wildman–Crippen MR) is 123 cm³/mol.